The summed E-state index contributed by atoms with van der Waals surface area (Å²) in [5.41, 5.74) is 1.26. The predicted octanol–water partition coefficient (Wildman–Crippen LogP) is 2.32. The van der Waals surface area contributed by atoms with Gasteiger partial charge >= 0.3 is 0 Å². The Balaban J connectivity index is 1.73. The molecule has 0 bridgehead atoms. The van der Waals surface area contributed by atoms with Gasteiger partial charge in [-0.1, -0.05) is 30.3 Å². The second kappa shape index (κ2) is 5.89. The molecule has 5 heteroatoms. The lowest BCUT2D eigenvalue weighted by Gasteiger charge is -2.37. The van der Waals surface area contributed by atoms with Crippen molar-refractivity contribution in [1.82, 2.24) is 14.7 Å². The summed E-state index contributed by atoms with van der Waals surface area (Å²) in [7, 11) is 0. The Hall–Kier alpha value is -1.46. The number of nitrogens with one attached hydrogen (secondary N) is 1. The molecule has 1 aliphatic rings. The summed E-state index contributed by atoms with van der Waals surface area (Å²) in [5, 5.41) is 4.55. The third-order valence-electron chi connectivity index (χ3n) is 3.67. The quantitative estimate of drug-likeness (QED) is 0.941. The minimum Gasteiger partial charge on any atom is -0.341 e. The van der Waals surface area contributed by atoms with Gasteiger partial charge in [-0.3, -0.25) is 0 Å². The minimum atomic E-state index is 0.476. The summed E-state index contributed by atoms with van der Waals surface area (Å²) in [6.45, 7) is 6.46. The standard InChI is InChI=1S/C15H20N4S/c1-11-10-19(12(2)9-16-11)15-17-14(18-20-15)8-13-6-4-3-5-7-13/h3-7,11-12,16H,8-10H2,1-2H3. The molecule has 0 spiro atoms. The van der Waals surface area contributed by atoms with E-state index >= 15 is 0 Å². The third kappa shape index (κ3) is 2.99. The first-order valence-electron chi connectivity index (χ1n) is 7.09. The van der Waals surface area contributed by atoms with Crippen molar-refractivity contribution in [3.63, 3.8) is 0 Å². The van der Waals surface area contributed by atoms with E-state index in [4.69, 9.17) is 4.98 Å². The van der Waals surface area contributed by atoms with Gasteiger partial charge in [0.15, 0.2) is 0 Å². The first kappa shape index (κ1) is 13.5. The Kier molecular flexibility index (Phi) is 3.98. The zero-order valence-electron chi connectivity index (χ0n) is 11.9. The van der Waals surface area contributed by atoms with Crippen LogP contribution in [0.3, 0.4) is 0 Å². The lowest BCUT2D eigenvalue weighted by molar-refractivity contribution is 0.424. The van der Waals surface area contributed by atoms with Gasteiger partial charge in [0.2, 0.25) is 5.13 Å². The van der Waals surface area contributed by atoms with Crippen molar-refractivity contribution in [2.75, 3.05) is 18.0 Å². The van der Waals surface area contributed by atoms with Crippen LogP contribution < -0.4 is 10.2 Å². The van der Waals surface area contributed by atoms with Crippen molar-refractivity contribution in [1.29, 1.82) is 0 Å². The summed E-state index contributed by atoms with van der Waals surface area (Å²) in [4.78, 5) is 7.09. The van der Waals surface area contributed by atoms with Crippen LogP contribution in [0.5, 0.6) is 0 Å². The molecule has 2 heterocycles. The van der Waals surface area contributed by atoms with Gasteiger partial charge in [0.05, 0.1) is 0 Å². The molecule has 1 fully saturated rings. The molecule has 2 aromatic rings. The maximum atomic E-state index is 4.72. The molecule has 20 heavy (non-hydrogen) atoms. The van der Waals surface area contributed by atoms with Gasteiger partial charge in [-0.15, -0.1) is 0 Å². The van der Waals surface area contributed by atoms with Crippen LogP contribution in [0, 0.1) is 0 Å². The average molecular weight is 288 g/mol. The van der Waals surface area contributed by atoms with Gasteiger partial charge in [0.1, 0.15) is 5.82 Å². The van der Waals surface area contributed by atoms with E-state index in [2.05, 4.69) is 52.7 Å². The largest absolute Gasteiger partial charge is 0.341 e. The summed E-state index contributed by atoms with van der Waals surface area (Å²) in [6, 6.07) is 11.4. The topological polar surface area (TPSA) is 41.1 Å². The van der Waals surface area contributed by atoms with Crippen LogP contribution >= 0.6 is 11.5 Å². The van der Waals surface area contributed by atoms with Crippen LogP contribution in [0.25, 0.3) is 0 Å². The summed E-state index contributed by atoms with van der Waals surface area (Å²) >= 11 is 1.52. The number of hydrogen-bond donors (Lipinski definition) is 1. The highest BCUT2D eigenvalue weighted by Crippen LogP contribution is 2.22. The van der Waals surface area contributed by atoms with Crippen LogP contribution in [-0.2, 0) is 6.42 Å². The highest BCUT2D eigenvalue weighted by Gasteiger charge is 2.25. The molecule has 2 unspecified atom stereocenters. The van der Waals surface area contributed by atoms with Gasteiger partial charge in [-0.2, -0.15) is 4.37 Å². The molecule has 1 N–H and O–H groups in total. The van der Waals surface area contributed by atoms with Crippen molar-refractivity contribution in [3.05, 3.63) is 41.7 Å². The van der Waals surface area contributed by atoms with Crippen molar-refractivity contribution in [2.45, 2.75) is 32.4 Å². The normalized spacial score (nSPS) is 23.0. The third-order valence-corrected chi connectivity index (χ3v) is 4.46. The van der Waals surface area contributed by atoms with Crippen LogP contribution in [0.4, 0.5) is 5.13 Å². The Morgan fingerprint density at radius 2 is 2.10 bits per heavy atom. The number of rotatable bonds is 3. The lowest BCUT2D eigenvalue weighted by Crippen LogP contribution is -2.54. The molecule has 2 atom stereocenters. The fourth-order valence-corrected chi connectivity index (χ4v) is 3.30. The number of anilines is 1. The number of piperazine rings is 1. The van der Waals surface area contributed by atoms with E-state index in [1.807, 2.05) is 6.07 Å². The maximum absolute atomic E-state index is 4.72. The Labute approximate surface area is 124 Å². The van der Waals surface area contributed by atoms with E-state index in [0.717, 1.165) is 30.5 Å². The molecule has 0 saturated carbocycles. The maximum Gasteiger partial charge on any atom is 0.205 e. The molecular formula is C15H20N4S. The minimum absolute atomic E-state index is 0.476. The van der Waals surface area contributed by atoms with Gasteiger partial charge in [-0.25, -0.2) is 4.98 Å². The van der Waals surface area contributed by atoms with E-state index in [0.29, 0.717) is 12.1 Å². The van der Waals surface area contributed by atoms with Crippen LogP contribution in [0.1, 0.15) is 25.2 Å². The lowest BCUT2D eigenvalue weighted by atomic mass is 10.1. The highest BCUT2D eigenvalue weighted by atomic mass is 32.1. The van der Waals surface area contributed by atoms with E-state index in [1.54, 1.807) is 0 Å². The van der Waals surface area contributed by atoms with Crippen LogP contribution in [0.15, 0.2) is 30.3 Å². The monoisotopic (exact) mass is 288 g/mol. The smallest absolute Gasteiger partial charge is 0.205 e. The highest BCUT2D eigenvalue weighted by molar-refractivity contribution is 7.09. The number of aromatic nitrogens is 2. The zero-order chi connectivity index (χ0) is 13.9. The first-order chi connectivity index (χ1) is 9.72. The molecule has 1 saturated heterocycles. The SMILES string of the molecule is CC1CN(c2nc(Cc3ccccc3)ns2)C(C)CN1. The Morgan fingerprint density at radius 3 is 2.90 bits per heavy atom. The van der Waals surface area contributed by atoms with Crippen molar-refractivity contribution < 1.29 is 0 Å². The predicted molar refractivity (Wildman–Crippen MR) is 83.4 cm³/mol. The fraction of sp³-hybridized carbons (Fsp3) is 0.467. The summed E-state index contributed by atoms with van der Waals surface area (Å²) in [5.74, 6) is 0.926. The molecule has 4 nitrogen and oxygen atoms in total. The van der Waals surface area contributed by atoms with E-state index < -0.39 is 0 Å². The van der Waals surface area contributed by atoms with Crippen molar-refractivity contribution in [2.24, 2.45) is 0 Å². The second-order valence-corrected chi connectivity index (χ2v) is 6.20. The van der Waals surface area contributed by atoms with E-state index in [1.165, 1.54) is 17.1 Å². The number of hydrogen-bond acceptors (Lipinski definition) is 5. The molecule has 1 aromatic heterocycles. The molecule has 0 amide bonds. The van der Waals surface area contributed by atoms with Crippen LogP contribution in [0.2, 0.25) is 0 Å². The number of benzene rings is 1. The molecule has 1 aliphatic heterocycles. The second-order valence-electron chi connectivity index (χ2n) is 5.47. The fourth-order valence-electron chi connectivity index (χ4n) is 2.50. The first-order valence-corrected chi connectivity index (χ1v) is 7.86. The van der Waals surface area contributed by atoms with Gasteiger partial charge in [0.25, 0.3) is 0 Å². The van der Waals surface area contributed by atoms with E-state index in [-0.39, 0.29) is 0 Å². The summed E-state index contributed by atoms with van der Waals surface area (Å²) < 4.78 is 4.51. The number of nitrogens with zero attached hydrogens (tertiary/aromatic N) is 3. The Bertz CT molecular complexity index is 554. The molecule has 0 aliphatic carbocycles. The molecule has 0 radical (unpaired) electrons. The average Bonchev–Trinajstić information content (AvgIpc) is 2.91. The molecule has 106 valence electrons. The van der Waals surface area contributed by atoms with E-state index in [9.17, 15) is 0 Å². The molecule has 1 aromatic carbocycles. The van der Waals surface area contributed by atoms with Gasteiger partial charge in [-0.05, 0) is 19.4 Å². The van der Waals surface area contributed by atoms with Crippen molar-refractivity contribution in [3.8, 4) is 0 Å². The van der Waals surface area contributed by atoms with Gasteiger partial charge < -0.3 is 10.2 Å². The molecule has 3 rings (SSSR count). The summed E-state index contributed by atoms with van der Waals surface area (Å²) in [6.07, 6.45) is 0.813. The van der Waals surface area contributed by atoms with Crippen LogP contribution in [-0.4, -0.2) is 34.5 Å². The van der Waals surface area contributed by atoms with Gasteiger partial charge in [0, 0.05) is 43.1 Å². The zero-order valence-corrected chi connectivity index (χ0v) is 12.7. The van der Waals surface area contributed by atoms with Crippen molar-refractivity contribution >= 4 is 16.7 Å². The molecular weight excluding hydrogens is 268 g/mol. The Morgan fingerprint density at radius 1 is 1.30 bits per heavy atom.